The van der Waals surface area contributed by atoms with Crippen LogP contribution in [0, 0.1) is 0 Å². The van der Waals surface area contributed by atoms with E-state index in [-0.39, 0.29) is 30.3 Å². The molecule has 1 aliphatic rings. The molecule has 1 saturated carbocycles. The summed E-state index contributed by atoms with van der Waals surface area (Å²) < 4.78 is 5.16. The fourth-order valence-electron chi connectivity index (χ4n) is 2.08. The second kappa shape index (κ2) is 9.37. The summed E-state index contributed by atoms with van der Waals surface area (Å²) in [5.74, 6) is 0.321. The summed E-state index contributed by atoms with van der Waals surface area (Å²) in [5, 5.41) is 8.74. The number of ether oxygens (including phenoxy) is 1. The van der Waals surface area contributed by atoms with Crippen molar-refractivity contribution >= 4 is 29.9 Å². The summed E-state index contributed by atoms with van der Waals surface area (Å²) in [6.45, 7) is 0.783. The smallest absolute Gasteiger partial charge is 0.253 e. The van der Waals surface area contributed by atoms with Crippen molar-refractivity contribution in [3.63, 3.8) is 0 Å². The number of rotatable bonds is 8. The van der Waals surface area contributed by atoms with Crippen LogP contribution in [0.15, 0.2) is 18.2 Å². The quantitative estimate of drug-likeness (QED) is 0.631. The van der Waals surface area contributed by atoms with E-state index in [2.05, 4.69) is 16.0 Å². The first-order valence-electron chi connectivity index (χ1n) is 7.57. The lowest BCUT2D eigenvalue weighted by atomic mass is 10.1. The Morgan fingerprint density at radius 1 is 1.30 bits per heavy atom. The molecule has 0 saturated heterocycles. The molecular weight excluding hydrogens is 318 g/mol. The van der Waals surface area contributed by atoms with E-state index in [0.717, 1.165) is 25.8 Å². The van der Waals surface area contributed by atoms with Gasteiger partial charge < -0.3 is 20.7 Å². The molecule has 0 radical (unpaired) electrons. The zero-order valence-electron chi connectivity index (χ0n) is 13.5. The van der Waals surface area contributed by atoms with Crippen LogP contribution >= 0.6 is 12.4 Å². The van der Waals surface area contributed by atoms with Crippen molar-refractivity contribution in [2.75, 3.05) is 26.0 Å². The summed E-state index contributed by atoms with van der Waals surface area (Å²) in [6, 6.07) is 5.35. The number of halogens is 1. The number of methoxy groups -OCH3 is 1. The van der Waals surface area contributed by atoms with Gasteiger partial charge in [0.25, 0.3) is 5.91 Å². The fraction of sp³-hybridized carbons (Fsp3) is 0.500. The molecule has 0 spiro atoms. The molecule has 0 heterocycles. The summed E-state index contributed by atoms with van der Waals surface area (Å²) in [6.07, 6.45) is 3.20. The highest BCUT2D eigenvalue weighted by molar-refractivity contribution is 6.04. The molecule has 1 aromatic rings. The molecule has 0 atom stereocenters. The lowest BCUT2D eigenvalue weighted by Gasteiger charge is -2.13. The van der Waals surface area contributed by atoms with E-state index in [1.54, 1.807) is 25.3 Å². The Labute approximate surface area is 142 Å². The average molecular weight is 342 g/mol. The van der Waals surface area contributed by atoms with Gasteiger partial charge >= 0.3 is 0 Å². The summed E-state index contributed by atoms with van der Waals surface area (Å²) >= 11 is 0. The van der Waals surface area contributed by atoms with Gasteiger partial charge in [-0.2, -0.15) is 0 Å². The van der Waals surface area contributed by atoms with Gasteiger partial charge in [0.1, 0.15) is 5.75 Å². The summed E-state index contributed by atoms with van der Waals surface area (Å²) in [5.41, 5.74) is 0.960. The summed E-state index contributed by atoms with van der Waals surface area (Å²) in [7, 11) is 3.40. The third kappa shape index (κ3) is 6.08. The summed E-state index contributed by atoms with van der Waals surface area (Å²) in [4.78, 5) is 24.2. The molecule has 0 bridgehead atoms. The zero-order chi connectivity index (χ0) is 15.9. The minimum Gasteiger partial charge on any atom is -0.497 e. The van der Waals surface area contributed by atoms with Crippen LogP contribution < -0.4 is 20.7 Å². The Balaban J connectivity index is 0.00000264. The number of carbonyl (C=O) groups is 2. The number of carbonyl (C=O) groups excluding carboxylic acids is 2. The van der Waals surface area contributed by atoms with Crippen LogP contribution in [0.25, 0.3) is 0 Å². The first-order chi connectivity index (χ1) is 10.6. The van der Waals surface area contributed by atoms with Gasteiger partial charge in [0.2, 0.25) is 5.91 Å². The van der Waals surface area contributed by atoms with E-state index in [4.69, 9.17) is 4.74 Å². The predicted octanol–water partition coefficient (Wildman–Crippen LogP) is 1.95. The number of nitrogens with one attached hydrogen (secondary N) is 3. The van der Waals surface area contributed by atoms with Crippen LogP contribution in [0.1, 0.15) is 36.0 Å². The molecule has 23 heavy (non-hydrogen) atoms. The molecule has 3 N–H and O–H groups in total. The molecule has 0 aromatic heterocycles. The average Bonchev–Trinajstić information content (AvgIpc) is 3.31. The van der Waals surface area contributed by atoms with Gasteiger partial charge in [0.15, 0.2) is 0 Å². The second-order valence-electron chi connectivity index (χ2n) is 5.41. The Morgan fingerprint density at radius 2 is 2.04 bits per heavy atom. The number of anilines is 1. The molecule has 128 valence electrons. The van der Waals surface area contributed by atoms with Gasteiger partial charge in [-0.3, -0.25) is 9.59 Å². The van der Waals surface area contributed by atoms with Crippen molar-refractivity contribution in [2.45, 2.75) is 31.7 Å². The zero-order valence-corrected chi connectivity index (χ0v) is 14.3. The number of benzene rings is 1. The van der Waals surface area contributed by atoms with Crippen molar-refractivity contribution < 1.29 is 14.3 Å². The molecule has 0 unspecified atom stereocenters. The van der Waals surface area contributed by atoms with Gasteiger partial charge in [0, 0.05) is 12.5 Å². The maximum Gasteiger partial charge on any atom is 0.253 e. The molecule has 2 rings (SSSR count). The van der Waals surface area contributed by atoms with Crippen molar-refractivity contribution in [3.05, 3.63) is 23.8 Å². The van der Waals surface area contributed by atoms with Gasteiger partial charge in [-0.15, -0.1) is 12.4 Å². The van der Waals surface area contributed by atoms with Crippen molar-refractivity contribution in [2.24, 2.45) is 0 Å². The molecule has 1 aromatic carbocycles. The van der Waals surface area contributed by atoms with Crippen LogP contribution in [-0.2, 0) is 4.79 Å². The van der Waals surface area contributed by atoms with Gasteiger partial charge in [0.05, 0.1) is 18.4 Å². The van der Waals surface area contributed by atoms with Gasteiger partial charge in [-0.05, 0) is 51.1 Å². The predicted molar refractivity (Wildman–Crippen MR) is 92.5 cm³/mol. The number of amides is 2. The lowest BCUT2D eigenvalue weighted by Crippen LogP contribution is -2.27. The molecule has 1 aliphatic carbocycles. The largest absolute Gasteiger partial charge is 0.497 e. The van der Waals surface area contributed by atoms with Crippen LogP contribution in [0.3, 0.4) is 0 Å². The van der Waals surface area contributed by atoms with Crippen LogP contribution in [-0.4, -0.2) is 38.6 Å². The first-order valence-corrected chi connectivity index (χ1v) is 7.57. The van der Waals surface area contributed by atoms with Crippen molar-refractivity contribution in [1.29, 1.82) is 0 Å². The topological polar surface area (TPSA) is 79.5 Å². The highest BCUT2D eigenvalue weighted by Gasteiger charge is 2.25. The van der Waals surface area contributed by atoms with Crippen LogP contribution in [0.4, 0.5) is 5.69 Å². The SMILES string of the molecule is CNCCCC(=O)Nc1ccc(OC)cc1C(=O)NC1CC1.Cl. The molecule has 7 heteroatoms. The van der Waals surface area contributed by atoms with Crippen LogP contribution in [0.5, 0.6) is 5.75 Å². The highest BCUT2D eigenvalue weighted by atomic mass is 35.5. The van der Waals surface area contributed by atoms with E-state index < -0.39 is 0 Å². The third-order valence-corrected chi connectivity index (χ3v) is 3.49. The Bertz CT molecular complexity index is 547. The molecule has 6 nitrogen and oxygen atoms in total. The van der Waals surface area contributed by atoms with E-state index in [1.807, 2.05) is 7.05 Å². The van der Waals surface area contributed by atoms with Gasteiger partial charge in [-0.1, -0.05) is 0 Å². The second-order valence-corrected chi connectivity index (χ2v) is 5.41. The number of hydrogen-bond donors (Lipinski definition) is 3. The minimum absolute atomic E-state index is 0. The third-order valence-electron chi connectivity index (χ3n) is 3.49. The molecule has 0 aliphatic heterocycles. The molecule has 2 amide bonds. The van der Waals surface area contributed by atoms with Crippen LogP contribution in [0.2, 0.25) is 0 Å². The Kier molecular flexibility index (Phi) is 7.85. The van der Waals surface area contributed by atoms with E-state index in [0.29, 0.717) is 23.4 Å². The normalized spacial score (nSPS) is 13.0. The fourth-order valence-corrected chi connectivity index (χ4v) is 2.08. The Hall–Kier alpha value is -1.79. The number of hydrogen-bond acceptors (Lipinski definition) is 4. The van der Waals surface area contributed by atoms with Gasteiger partial charge in [-0.25, -0.2) is 0 Å². The highest BCUT2D eigenvalue weighted by Crippen LogP contribution is 2.25. The molecular formula is C16H24ClN3O3. The lowest BCUT2D eigenvalue weighted by molar-refractivity contribution is -0.116. The Morgan fingerprint density at radius 3 is 2.65 bits per heavy atom. The first kappa shape index (κ1) is 19.3. The maximum absolute atomic E-state index is 12.3. The maximum atomic E-state index is 12.3. The van der Waals surface area contributed by atoms with E-state index in [1.165, 1.54) is 0 Å². The van der Waals surface area contributed by atoms with E-state index in [9.17, 15) is 9.59 Å². The molecule has 1 fully saturated rings. The standard InChI is InChI=1S/C16H23N3O3.ClH/c1-17-9-3-4-15(20)19-14-8-7-12(22-2)10-13(14)16(21)18-11-5-6-11;/h7-8,10-11,17H,3-6,9H2,1-2H3,(H,18,21)(H,19,20);1H. The minimum atomic E-state index is -0.174. The van der Waals surface area contributed by atoms with Crippen molar-refractivity contribution in [1.82, 2.24) is 10.6 Å². The van der Waals surface area contributed by atoms with Crippen molar-refractivity contribution in [3.8, 4) is 5.75 Å². The van der Waals surface area contributed by atoms with E-state index >= 15 is 0 Å². The monoisotopic (exact) mass is 341 g/mol.